The molecule has 1 heterocycles. The van der Waals surface area contributed by atoms with Crippen LogP contribution in [-0.4, -0.2) is 83.1 Å². The quantitative estimate of drug-likeness (QED) is 0.214. The van der Waals surface area contributed by atoms with E-state index in [0.29, 0.717) is 32.2 Å². The Morgan fingerprint density at radius 3 is 2.08 bits per heavy atom. The first-order chi connectivity index (χ1) is 17.5. The lowest BCUT2D eigenvalue weighted by Crippen LogP contribution is -2.55. The Morgan fingerprint density at radius 2 is 1.55 bits per heavy atom. The summed E-state index contributed by atoms with van der Waals surface area (Å²) in [4.78, 5) is 64.8. The van der Waals surface area contributed by atoms with Crippen LogP contribution in [0.4, 0.5) is 4.79 Å². The smallest absolute Gasteiger partial charge is 0.410 e. The molecule has 1 aliphatic rings. The molecule has 1 saturated heterocycles. The number of thiol groups is 1. The highest BCUT2D eigenvalue weighted by atomic mass is 32.1. The number of carbonyl (C=O) groups is 5. The highest BCUT2D eigenvalue weighted by molar-refractivity contribution is 7.81. The maximum atomic E-state index is 13.1. The SMILES string of the molecule is CC(C)C[C@H](NC(=O)C(S)CNC(=O)[C@H](CC(C)C)NC(=O)[C@@H]1CCCN1C(=O)OC(C)(C)C)C(=O)CN. The van der Waals surface area contributed by atoms with E-state index in [4.69, 9.17) is 10.5 Å². The van der Waals surface area contributed by atoms with Gasteiger partial charge in [0.05, 0.1) is 17.8 Å². The molecule has 0 aromatic carbocycles. The van der Waals surface area contributed by atoms with E-state index in [-0.39, 0.29) is 30.7 Å². The second-order valence-electron chi connectivity index (χ2n) is 11.6. The first-order valence-electron chi connectivity index (χ1n) is 13.3. The Hall–Kier alpha value is -2.34. The number of Topliss-reactive ketones (excluding diaryl/α,β-unsaturated/α-hetero) is 1. The average molecular weight is 558 g/mol. The van der Waals surface area contributed by atoms with Gasteiger partial charge in [-0.15, -0.1) is 0 Å². The Bertz CT molecular complexity index is 844. The van der Waals surface area contributed by atoms with Crippen molar-refractivity contribution in [3.8, 4) is 0 Å². The fourth-order valence-electron chi connectivity index (χ4n) is 4.11. The van der Waals surface area contributed by atoms with E-state index < -0.39 is 52.8 Å². The number of carbonyl (C=O) groups excluding carboxylic acids is 5. The normalized spacial score (nSPS) is 18.1. The van der Waals surface area contributed by atoms with Crippen molar-refractivity contribution in [2.75, 3.05) is 19.6 Å². The third kappa shape index (κ3) is 11.6. The molecule has 0 aliphatic carbocycles. The second kappa shape index (κ2) is 15.3. The van der Waals surface area contributed by atoms with Gasteiger partial charge in [0, 0.05) is 13.1 Å². The van der Waals surface area contributed by atoms with Gasteiger partial charge in [0.1, 0.15) is 17.7 Å². The molecular weight excluding hydrogens is 510 g/mol. The molecule has 1 fully saturated rings. The number of rotatable bonds is 13. The lowest BCUT2D eigenvalue weighted by atomic mass is 10.00. The summed E-state index contributed by atoms with van der Waals surface area (Å²) in [5, 5.41) is 7.22. The van der Waals surface area contributed by atoms with E-state index in [0.717, 1.165) is 0 Å². The molecule has 1 aliphatic heterocycles. The molecule has 0 aromatic rings. The van der Waals surface area contributed by atoms with Gasteiger partial charge >= 0.3 is 6.09 Å². The van der Waals surface area contributed by atoms with Gasteiger partial charge in [0.25, 0.3) is 0 Å². The Morgan fingerprint density at radius 1 is 0.974 bits per heavy atom. The summed E-state index contributed by atoms with van der Waals surface area (Å²) >= 11 is 4.30. The highest BCUT2D eigenvalue weighted by Crippen LogP contribution is 2.21. The molecule has 1 rings (SSSR count). The maximum absolute atomic E-state index is 13.1. The van der Waals surface area contributed by atoms with Crippen molar-refractivity contribution in [1.82, 2.24) is 20.9 Å². The van der Waals surface area contributed by atoms with Crippen LogP contribution in [0, 0.1) is 11.8 Å². The Labute approximate surface area is 232 Å². The number of nitrogens with zero attached hydrogens (tertiary/aromatic N) is 1. The van der Waals surface area contributed by atoms with Crippen LogP contribution in [0.3, 0.4) is 0 Å². The van der Waals surface area contributed by atoms with E-state index >= 15 is 0 Å². The first kappa shape index (κ1) is 33.7. The lowest BCUT2D eigenvalue weighted by molar-refractivity contribution is -0.132. The number of likely N-dealkylation sites (tertiary alicyclic amines) is 1. The molecule has 0 saturated carbocycles. The zero-order valence-electron chi connectivity index (χ0n) is 23.8. The van der Waals surface area contributed by atoms with Crippen molar-refractivity contribution in [2.24, 2.45) is 17.6 Å². The van der Waals surface area contributed by atoms with Crippen molar-refractivity contribution in [3.05, 3.63) is 0 Å². The van der Waals surface area contributed by atoms with E-state index in [1.54, 1.807) is 20.8 Å². The summed E-state index contributed by atoms with van der Waals surface area (Å²) < 4.78 is 5.43. The van der Waals surface area contributed by atoms with Crippen molar-refractivity contribution in [2.45, 2.75) is 103 Å². The standard InChI is InChI=1S/C26H47N5O6S/c1-15(2)11-17(20(32)13-27)29-24(35)21(38)14-28-22(33)18(12-16(3)4)30-23(34)19-9-8-10-31(19)25(36)37-26(5,6)7/h15-19,21,38H,8-14,27H2,1-7H3,(H,28,33)(H,29,35)(H,30,34)/t17-,18-,19-,21?/m0/s1. The summed E-state index contributed by atoms with van der Waals surface area (Å²) in [6.45, 7) is 13.1. The van der Waals surface area contributed by atoms with Crippen LogP contribution in [0.25, 0.3) is 0 Å². The molecule has 0 bridgehead atoms. The topological polar surface area (TPSA) is 160 Å². The predicted octanol–water partition coefficient (Wildman–Crippen LogP) is 1.39. The molecule has 12 heteroatoms. The molecule has 4 amide bonds. The van der Waals surface area contributed by atoms with Gasteiger partial charge < -0.3 is 26.4 Å². The van der Waals surface area contributed by atoms with Gasteiger partial charge in [-0.25, -0.2) is 4.79 Å². The van der Waals surface area contributed by atoms with E-state index in [9.17, 15) is 24.0 Å². The van der Waals surface area contributed by atoms with Gasteiger partial charge in [-0.1, -0.05) is 27.7 Å². The minimum Gasteiger partial charge on any atom is -0.444 e. The molecule has 218 valence electrons. The van der Waals surface area contributed by atoms with Crippen LogP contribution in [0.2, 0.25) is 0 Å². The number of nitrogens with one attached hydrogen (secondary N) is 3. The van der Waals surface area contributed by atoms with Gasteiger partial charge in [0.2, 0.25) is 17.7 Å². The van der Waals surface area contributed by atoms with E-state index in [2.05, 4.69) is 28.6 Å². The number of hydrogen-bond donors (Lipinski definition) is 5. The average Bonchev–Trinajstić information content (AvgIpc) is 3.29. The van der Waals surface area contributed by atoms with Crippen LogP contribution in [0.15, 0.2) is 0 Å². The molecular formula is C26H47N5O6S. The fraction of sp³-hybridized carbons (Fsp3) is 0.808. The van der Waals surface area contributed by atoms with Gasteiger partial charge in [0.15, 0.2) is 5.78 Å². The molecule has 4 atom stereocenters. The van der Waals surface area contributed by atoms with Crippen LogP contribution in [0.1, 0.15) is 74.1 Å². The van der Waals surface area contributed by atoms with Crippen molar-refractivity contribution >= 4 is 42.2 Å². The zero-order valence-corrected chi connectivity index (χ0v) is 24.7. The monoisotopic (exact) mass is 557 g/mol. The van der Waals surface area contributed by atoms with Gasteiger partial charge in [-0.05, 0) is 58.3 Å². The third-order valence-corrected chi connectivity index (χ3v) is 6.33. The van der Waals surface area contributed by atoms with Crippen molar-refractivity contribution in [3.63, 3.8) is 0 Å². The van der Waals surface area contributed by atoms with E-state index in [1.165, 1.54) is 4.90 Å². The van der Waals surface area contributed by atoms with Crippen LogP contribution < -0.4 is 21.7 Å². The molecule has 0 spiro atoms. The number of amides is 4. The zero-order chi connectivity index (χ0) is 29.2. The molecule has 0 radical (unpaired) electrons. The molecule has 1 unspecified atom stereocenters. The maximum Gasteiger partial charge on any atom is 0.410 e. The molecule has 0 aromatic heterocycles. The number of ketones is 1. The lowest BCUT2D eigenvalue weighted by Gasteiger charge is -2.29. The van der Waals surface area contributed by atoms with E-state index in [1.807, 2.05) is 27.7 Å². The largest absolute Gasteiger partial charge is 0.444 e. The Kier molecular flexibility index (Phi) is 13.6. The summed E-state index contributed by atoms with van der Waals surface area (Å²) in [6, 6.07) is -2.31. The van der Waals surface area contributed by atoms with Crippen molar-refractivity contribution < 1.29 is 28.7 Å². The summed E-state index contributed by atoms with van der Waals surface area (Å²) in [5.41, 5.74) is 4.78. The van der Waals surface area contributed by atoms with Gasteiger partial charge in [-0.2, -0.15) is 12.6 Å². The number of nitrogens with two attached hydrogens (primary N) is 1. The third-order valence-electron chi connectivity index (χ3n) is 5.91. The number of hydrogen-bond acceptors (Lipinski definition) is 8. The van der Waals surface area contributed by atoms with Crippen molar-refractivity contribution in [1.29, 1.82) is 0 Å². The highest BCUT2D eigenvalue weighted by Gasteiger charge is 2.38. The molecule has 38 heavy (non-hydrogen) atoms. The summed E-state index contributed by atoms with van der Waals surface area (Å²) in [7, 11) is 0. The minimum absolute atomic E-state index is 0.0887. The molecule has 11 nitrogen and oxygen atoms in total. The van der Waals surface area contributed by atoms with Crippen LogP contribution >= 0.6 is 12.6 Å². The summed E-state index contributed by atoms with van der Waals surface area (Å²) in [6.07, 6.45) is 1.37. The minimum atomic E-state index is -0.910. The predicted molar refractivity (Wildman–Crippen MR) is 149 cm³/mol. The number of ether oxygens (including phenoxy) is 1. The fourth-order valence-corrected chi connectivity index (χ4v) is 4.28. The first-order valence-corrected chi connectivity index (χ1v) is 13.9. The van der Waals surface area contributed by atoms with Crippen LogP contribution in [0.5, 0.6) is 0 Å². The Balaban J connectivity index is 2.79. The second-order valence-corrected chi connectivity index (χ2v) is 12.3. The van der Waals surface area contributed by atoms with Gasteiger partial charge in [-0.3, -0.25) is 24.1 Å². The van der Waals surface area contributed by atoms with Crippen LogP contribution in [-0.2, 0) is 23.9 Å². The molecule has 5 N–H and O–H groups in total. The summed E-state index contributed by atoms with van der Waals surface area (Å²) in [5.74, 6) is -1.40.